The molecule has 0 aliphatic heterocycles. The number of hydrogen-bond acceptors (Lipinski definition) is 1. The van der Waals surface area contributed by atoms with E-state index in [0.29, 0.717) is 0 Å². The fourth-order valence-electron chi connectivity index (χ4n) is 9.81. The van der Waals surface area contributed by atoms with Gasteiger partial charge in [0.05, 0.1) is 16.6 Å². The minimum atomic E-state index is 1.02. The molecular formula is C55H36N2. The summed E-state index contributed by atoms with van der Waals surface area (Å²) in [5.41, 5.74) is 20.1. The Bertz CT molecular complexity index is 3260. The standard InChI is InChI=1S/C55H36N2/c1-4-14-35(15-5-1)39-27-30-43-47(34-39)51(38-18-8-3-9-19-38)53-45-22-12-21-42-41(31-32-46(52(42)45)54(53)50(43)37-16-6-2-7-17-37)36-25-28-40(29-26-36)57-48-23-11-10-20-44(48)55-49(57)24-13-33-56-55/h1-8,10-18,20-34H,9,19H2. The Hall–Kier alpha value is -7.29. The molecule has 57 heavy (non-hydrogen) atoms. The second-order valence-corrected chi connectivity index (χ2v) is 15.3. The molecule has 266 valence electrons. The summed E-state index contributed by atoms with van der Waals surface area (Å²) in [4.78, 5) is 4.76. The number of para-hydroxylation sites is 1. The quantitative estimate of drug-likeness (QED) is 0.173. The molecule has 0 spiro atoms. The van der Waals surface area contributed by atoms with Crippen molar-refractivity contribution >= 4 is 49.1 Å². The van der Waals surface area contributed by atoms with Crippen molar-refractivity contribution in [2.75, 3.05) is 0 Å². The molecule has 0 amide bonds. The van der Waals surface area contributed by atoms with Crippen molar-refractivity contribution in [3.8, 4) is 61.3 Å². The first-order chi connectivity index (χ1) is 28.3. The van der Waals surface area contributed by atoms with Gasteiger partial charge >= 0.3 is 0 Å². The molecule has 0 saturated heterocycles. The monoisotopic (exact) mass is 724 g/mol. The zero-order valence-corrected chi connectivity index (χ0v) is 31.3. The topological polar surface area (TPSA) is 17.8 Å². The van der Waals surface area contributed by atoms with Crippen molar-refractivity contribution in [2.45, 2.75) is 12.8 Å². The Kier molecular flexibility index (Phi) is 7.09. The largest absolute Gasteiger partial charge is 0.308 e. The number of allylic oxidation sites excluding steroid dienone is 4. The summed E-state index contributed by atoms with van der Waals surface area (Å²) < 4.78 is 2.33. The van der Waals surface area contributed by atoms with Gasteiger partial charge in [-0.25, -0.2) is 0 Å². The summed E-state index contributed by atoms with van der Waals surface area (Å²) in [6.07, 6.45) is 10.9. The molecule has 0 fully saturated rings. The van der Waals surface area contributed by atoms with Crippen molar-refractivity contribution in [3.05, 3.63) is 200 Å². The molecule has 0 saturated carbocycles. The summed E-state index contributed by atoms with van der Waals surface area (Å²) in [6, 6.07) is 62.6. The molecule has 2 aromatic heterocycles. The van der Waals surface area contributed by atoms with Gasteiger partial charge in [-0.3, -0.25) is 4.98 Å². The van der Waals surface area contributed by atoms with Crippen LogP contribution in [-0.2, 0) is 0 Å². The fraction of sp³-hybridized carbons (Fsp3) is 0.0364. The van der Waals surface area contributed by atoms with Crippen LogP contribution in [0.4, 0.5) is 0 Å². The van der Waals surface area contributed by atoms with Crippen molar-refractivity contribution in [2.24, 2.45) is 0 Å². The normalized spacial score (nSPS) is 13.2. The highest BCUT2D eigenvalue weighted by molar-refractivity contribution is 6.27. The number of aromatic nitrogens is 2. The Morgan fingerprint density at radius 3 is 1.96 bits per heavy atom. The average molecular weight is 725 g/mol. The SMILES string of the molecule is C1=CCCC(c2c3c(c(-c4ccccc4)c4ccc(-c5ccccc5)cc24)-c2ccc(-c4ccc(-n5c6ccccc6c6ncccc65)cc4)c4cccc-3c24)=C1. The van der Waals surface area contributed by atoms with E-state index < -0.39 is 0 Å². The summed E-state index contributed by atoms with van der Waals surface area (Å²) in [5, 5.41) is 6.41. The van der Waals surface area contributed by atoms with E-state index in [9.17, 15) is 0 Å². The van der Waals surface area contributed by atoms with Crippen LogP contribution in [0.5, 0.6) is 0 Å². The van der Waals surface area contributed by atoms with E-state index in [1.165, 1.54) is 99.2 Å². The van der Waals surface area contributed by atoms with Gasteiger partial charge in [-0.1, -0.05) is 152 Å². The lowest BCUT2D eigenvalue weighted by Gasteiger charge is -2.23. The second-order valence-electron chi connectivity index (χ2n) is 15.3. The first-order valence-corrected chi connectivity index (χ1v) is 19.9. The van der Waals surface area contributed by atoms with Crippen LogP contribution in [0.1, 0.15) is 18.4 Å². The third-order valence-electron chi connectivity index (χ3n) is 12.3. The van der Waals surface area contributed by atoms with Gasteiger partial charge in [0.2, 0.25) is 0 Å². The predicted molar refractivity (Wildman–Crippen MR) is 241 cm³/mol. The maximum atomic E-state index is 4.76. The molecule has 2 heterocycles. The molecule has 8 aromatic carbocycles. The van der Waals surface area contributed by atoms with Gasteiger partial charge in [0.25, 0.3) is 0 Å². The lowest BCUT2D eigenvalue weighted by molar-refractivity contribution is 1.06. The first-order valence-electron chi connectivity index (χ1n) is 19.9. The third-order valence-corrected chi connectivity index (χ3v) is 12.3. The van der Waals surface area contributed by atoms with Gasteiger partial charge in [0.15, 0.2) is 0 Å². The van der Waals surface area contributed by atoms with Crippen LogP contribution < -0.4 is 0 Å². The van der Waals surface area contributed by atoms with Gasteiger partial charge in [0.1, 0.15) is 0 Å². The number of pyridine rings is 1. The van der Waals surface area contributed by atoms with Crippen LogP contribution in [0.3, 0.4) is 0 Å². The Morgan fingerprint density at radius 1 is 0.439 bits per heavy atom. The molecule has 0 atom stereocenters. The lowest BCUT2D eigenvalue weighted by Crippen LogP contribution is -1.98. The second kappa shape index (κ2) is 12.6. The Morgan fingerprint density at radius 2 is 1.14 bits per heavy atom. The van der Waals surface area contributed by atoms with Crippen LogP contribution in [0.15, 0.2) is 194 Å². The van der Waals surface area contributed by atoms with Crippen LogP contribution in [0.2, 0.25) is 0 Å². The van der Waals surface area contributed by atoms with Crippen molar-refractivity contribution < 1.29 is 0 Å². The molecule has 2 nitrogen and oxygen atoms in total. The first kappa shape index (κ1) is 32.0. The average Bonchev–Trinajstić information content (AvgIpc) is 3.80. The number of nitrogens with zero attached hydrogens (tertiary/aromatic N) is 2. The molecule has 0 unspecified atom stereocenters. The zero-order valence-electron chi connectivity index (χ0n) is 31.3. The molecule has 12 rings (SSSR count). The maximum absolute atomic E-state index is 4.76. The van der Waals surface area contributed by atoms with E-state index in [-0.39, 0.29) is 0 Å². The van der Waals surface area contributed by atoms with E-state index in [4.69, 9.17) is 4.98 Å². The molecule has 0 bridgehead atoms. The smallest absolute Gasteiger partial charge is 0.0963 e. The highest BCUT2D eigenvalue weighted by atomic mass is 15.0. The number of hydrogen-bond donors (Lipinski definition) is 0. The highest BCUT2D eigenvalue weighted by Crippen LogP contribution is 2.58. The minimum absolute atomic E-state index is 1.02. The zero-order chi connectivity index (χ0) is 37.5. The molecule has 0 N–H and O–H groups in total. The molecular weight excluding hydrogens is 689 g/mol. The Labute approximate surface area is 331 Å². The van der Waals surface area contributed by atoms with Crippen LogP contribution in [0, 0.1) is 0 Å². The van der Waals surface area contributed by atoms with Crippen LogP contribution in [0.25, 0.3) is 110 Å². The van der Waals surface area contributed by atoms with Gasteiger partial charge < -0.3 is 4.57 Å². The van der Waals surface area contributed by atoms with Crippen molar-refractivity contribution in [3.63, 3.8) is 0 Å². The predicted octanol–water partition coefficient (Wildman–Crippen LogP) is 14.9. The summed E-state index contributed by atoms with van der Waals surface area (Å²) in [7, 11) is 0. The third kappa shape index (κ3) is 4.81. The number of rotatable bonds is 5. The highest BCUT2D eigenvalue weighted by Gasteiger charge is 2.32. The van der Waals surface area contributed by atoms with Gasteiger partial charge in [0, 0.05) is 17.3 Å². The van der Waals surface area contributed by atoms with E-state index in [1.54, 1.807) is 0 Å². The van der Waals surface area contributed by atoms with Gasteiger partial charge in [-0.15, -0.1) is 0 Å². The van der Waals surface area contributed by atoms with Crippen molar-refractivity contribution in [1.29, 1.82) is 0 Å². The van der Waals surface area contributed by atoms with Gasteiger partial charge in [-0.2, -0.15) is 0 Å². The number of benzene rings is 8. The summed E-state index contributed by atoms with van der Waals surface area (Å²) >= 11 is 0. The molecule has 2 aliphatic rings. The lowest BCUT2D eigenvalue weighted by atomic mass is 9.80. The molecule has 2 aliphatic carbocycles. The molecule has 10 aromatic rings. The summed E-state index contributed by atoms with van der Waals surface area (Å²) in [5.74, 6) is 0. The van der Waals surface area contributed by atoms with E-state index in [0.717, 1.165) is 29.6 Å². The van der Waals surface area contributed by atoms with Gasteiger partial charge in [-0.05, 0) is 138 Å². The number of fused-ring (bicyclic) bond motifs is 7. The summed E-state index contributed by atoms with van der Waals surface area (Å²) in [6.45, 7) is 0. The molecule has 2 heteroatoms. The van der Waals surface area contributed by atoms with Crippen LogP contribution in [-0.4, -0.2) is 9.55 Å². The fourth-order valence-corrected chi connectivity index (χ4v) is 9.81. The van der Waals surface area contributed by atoms with E-state index in [1.807, 2.05) is 12.3 Å². The molecule has 0 radical (unpaired) electrons. The van der Waals surface area contributed by atoms with E-state index in [2.05, 4.69) is 187 Å². The van der Waals surface area contributed by atoms with Crippen molar-refractivity contribution in [1.82, 2.24) is 9.55 Å². The maximum Gasteiger partial charge on any atom is 0.0963 e. The Balaban J connectivity index is 1.10. The minimum Gasteiger partial charge on any atom is -0.308 e. The van der Waals surface area contributed by atoms with E-state index >= 15 is 0 Å². The van der Waals surface area contributed by atoms with Crippen LogP contribution >= 0.6 is 0 Å².